The summed E-state index contributed by atoms with van der Waals surface area (Å²) >= 11 is 0. The van der Waals surface area contributed by atoms with E-state index in [1.165, 1.54) is 18.0 Å². The Morgan fingerprint density at radius 1 is 1.08 bits per heavy atom. The van der Waals surface area contributed by atoms with Gasteiger partial charge in [-0.15, -0.1) is 0 Å². The minimum atomic E-state index is -0.441. The second-order valence-corrected chi connectivity index (χ2v) is 5.75. The summed E-state index contributed by atoms with van der Waals surface area (Å²) in [5, 5.41) is 13.8. The molecule has 2 heterocycles. The number of aromatic nitrogens is 1. The van der Waals surface area contributed by atoms with Crippen molar-refractivity contribution < 1.29 is 4.92 Å². The van der Waals surface area contributed by atoms with Gasteiger partial charge in [-0.1, -0.05) is 18.2 Å². The van der Waals surface area contributed by atoms with Crippen molar-refractivity contribution in [2.45, 2.75) is 0 Å². The van der Waals surface area contributed by atoms with Gasteiger partial charge >= 0.3 is 0 Å². The zero-order chi connectivity index (χ0) is 16.8. The Hall–Kier alpha value is -2.67. The molecule has 3 rings (SSSR count). The van der Waals surface area contributed by atoms with Crippen LogP contribution in [0.15, 0.2) is 48.7 Å². The summed E-state index contributed by atoms with van der Waals surface area (Å²) in [4.78, 5) is 19.0. The molecule has 0 radical (unpaired) electrons. The van der Waals surface area contributed by atoms with Gasteiger partial charge < -0.3 is 10.2 Å². The van der Waals surface area contributed by atoms with Gasteiger partial charge in [0.05, 0.1) is 4.92 Å². The van der Waals surface area contributed by atoms with Gasteiger partial charge in [0, 0.05) is 51.0 Å². The predicted octanol–water partition coefficient (Wildman–Crippen LogP) is 2.22. The van der Waals surface area contributed by atoms with E-state index in [4.69, 9.17) is 0 Å². The van der Waals surface area contributed by atoms with Crippen LogP contribution in [0.1, 0.15) is 0 Å². The van der Waals surface area contributed by atoms with Gasteiger partial charge in [-0.05, 0) is 18.2 Å². The van der Waals surface area contributed by atoms with E-state index in [0.717, 1.165) is 39.3 Å². The fraction of sp³-hybridized carbons (Fsp3) is 0.353. The number of nitro groups is 1. The van der Waals surface area contributed by atoms with E-state index >= 15 is 0 Å². The molecule has 0 bridgehead atoms. The monoisotopic (exact) mass is 327 g/mol. The minimum Gasteiger partial charge on any atom is -0.369 e. The number of anilines is 2. The number of para-hydroxylation sites is 1. The second-order valence-electron chi connectivity index (χ2n) is 5.75. The molecule has 2 aromatic rings. The van der Waals surface area contributed by atoms with E-state index in [2.05, 4.69) is 44.4 Å². The second kappa shape index (κ2) is 7.74. The zero-order valence-corrected chi connectivity index (χ0v) is 13.5. The highest BCUT2D eigenvalue weighted by molar-refractivity contribution is 5.46. The van der Waals surface area contributed by atoms with Crippen molar-refractivity contribution in [3.05, 3.63) is 58.8 Å². The number of benzene rings is 1. The first-order valence-corrected chi connectivity index (χ1v) is 8.09. The summed E-state index contributed by atoms with van der Waals surface area (Å²) in [6, 6.07) is 13.6. The molecule has 0 spiro atoms. The van der Waals surface area contributed by atoms with Crippen LogP contribution in [0.25, 0.3) is 0 Å². The molecule has 1 aromatic heterocycles. The summed E-state index contributed by atoms with van der Waals surface area (Å²) in [6.45, 7) is 5.82. The highest BCUT2D eigenvalue weighted by Gasteiger charge is 2.16. The molecule has 1 N–H and O–H groups in total. The fourth-order valence-corrected chi connectivity index (χ4v) is 2.81. The fourth-order valence-electron chi connectivity index (χ4n) is 2.81. The molecule has 7 nitrogen and oxygen atoms in total. The molecule has 0 saturated carbocycles. The van der Waals surface area contributed by atoms with Gasteiger partial charge in [0.15, 0.2) is 0 Å². The van der Waals surface area contributed by atoms with Crippen molar-refractivity contribution in [1.29, 1.82) is 0 Å². The van der Waals surface area contributed by atoms with Gasteiger partial charge in [0.25, 0.3) is 5.69 Å². The molecule has 0 atom stereocenters. The zero-order valence-electron chi connectivity index (χ0n) is 13.5. The van der Waals surface area contributed by atoms with Crippen LogP contribution in [0.4, 0.5) is 17.2 Å². The summed E-state index contributed by atoms with van der Waals surface area (Å²) in [5.41, 5.74) is 1.29. The lowest BCUT2D eigenvalue weighted by Gasteiger charge is -2.36. The highest BCUT2D eigenvalue weighted by atomic mass is 16.6. The standard InChI is InChI=1S/C17H21N5O2/c23-22(24)16-6-7-17(19-14-16)18-8-9-20-10-12-21(13-11-20)15-4-2-1-3-5-15/h1-7,14H,8-13H2,(H,18,19). The molecule has 126 valence electrons. The maximum absolute atomic E-state index is 10.6. The van der Waals surface area contributed by atoms with Gasteiger partial charge in [0.2, 0.25) is 0 Å². The third-order valence-electron chi connectivity index (χ3n) is 4.19. The quantitative estimate of drug-likeness (QED) is 0.648. The first-order chi connectivity index (χ1) is 11.7. The molecule has 1 saturated heterocycles. The molecule has 1 fully saturated rings. The summed E-state index contributed by atoms with van der Waals surface area (Å²) in [6.07, 6.45) is 1.28. The molecule has 24 heavy (non-hydrogen) atoms. The molecule has 1 aromatic carbocycles. The van der Waals surface area contributed by atoms with Gasteiger partial charge in [-0.25, -0.2) is 4.98 Å². The summed E-state index contributed by atoms with van der Waals surface area (Å²) in [7, 11) is 0. The number of rotatable bonds is 6. The SMILES string of the molecule is O=[N+]([O-])c1ccc(NCCN2CCN(c3ccccc3)CC2)nc1. The molecule has 1 aliphatic heterocycles. The summed E-state index contributed by atoms with van der Waals surface area (Å²) < 4.78 is 0. The minimum absolute atomic E-state index is 0.0117. The maximum Gasteiger partial charge on any atom is 0.287 e. The van der Waals surface area contributed by atoms with Crippen LogP contribution < -0.4 is 10.2 Å². The Bertz CT molecular complexity index is 654. The van der Waals surface area contributed by atoms with Crippen molar-refractivity contribution in [2.24, 2.45) is 0 Å². The van der Waals surface area contributed by atoms with E-state index in [0.29, 0.717) is 5.82 Å². The van der Waals surface area contributed by atoms with Crippen LogP contribution in [-0.2, 0) is 0 Å². The van der Waals surface area contributed by atoms with Crippen LogP contribution in [0.5, 0.6) is 0 Å². The van der Waals surface area contributed by atoms with Crippen LogP contribution >= 0.6 is 0 Å². The average Bonchev–Trinajstić information content (AvgIpc) is 2.63. The Balaban J connectivity index is 1.40. The van der Waals surface area contributed by atoms with Crippen LogP contribution in [0.3, 0.4) is 0 Å². The molecule has 0 unspecified atom stereocenters. The van der Waals surface area contributed by atoms with Crippen molar-refractivity contribution in [2.75, 3.05) is 49.5 Å². The third kappa shape index (κ3) is 4.20. The van der Waals surface area contributed by atoms with Gasteiger partial charge in [-0.3, -0.25) is 15.0 Å². The number of pyridine rings is 1. The van der Waals surface area contributed by atoms with Crippen LogP contribution in [-0.4, -0.2) is 54.1 Å². The Morgan fingerprint density at radius 2 is 1.83 bits per heavy atom. The maximum atomic E-state index is 10.6. The lowest BCUT2D eigenvalue weighted by atomic mass is 10.2. The molecule has 0 amide bonds. The molecule has 0 aliphatic carbocycles. The number of nitrogens with one attached hydrogen (secondary N) is 1. The van der Waals surface area contributed by atoms with E-state index in [1.54, 1.807) is 6.07 Å². The topological polar surface area (TPSA) is 74.5 Å². The third-order valence-corrected chi connectivity index (χ3v) is 4.19. The van der Waals surface area contributed by atoms with Crippen molar-refractivity contribution >= 4 is 17.2 Å². The number of piperazine rings is 1. The smallest absolute Gasteiger partial charge is 0.287 e. The molecule has 7 heteroatoms. The van der Waals surface area contributed by atoms with E-state index in [-0.39, 0.29) is 5.69 Å². The summed E-state index contributed by atoms with van der Waals surface area (Å²) in [5.74, 6) is 0.670. The number of hydrogen-bond donors (Lipinski definition) is 1. The van der Waals surface area contributed by atoms with Crippen LogP contribution in [0.2, 0.25) is 0 Å². The lowest BCUT2D eigenvalue weighted by molar-refractivity contribution is -0.385. The highest BCUT2D eigenvalue weighted by Crippen LogP contribution is 2.15. The van der Waals surface area contributed by atoms with Crippen molar-refractivity contribution in [1.82, 2.24) is 9.88 Å². The Labute approximate surface area is 141 Å². The first kappa shape index (κ1) is 16.2. The van der Waals surface area contributed by atoms with Crippen molar-refractivity contribution in [3.8, 4) is 0 Å². The van der Waals surface area contributed by atoms with E-state index in [9.17, 15) is 10.1 Å². The molecular weight excluding hydrogens is 306 g/mol. The predicted molar refractivity (Wildman–Crippen MR) is 94.5 cm³/mol. The lowest BCUT2D eigenvalue weighted by Crippen LogP contribution is -2.47. The normalized spacial score (nSPS) is 15.2. The Morgan fingerprint density at radius 3 is 2.46 bits per heavy atom. The largest absolute Gasteiger partial charge is 0.369 e. The van der Waals surface area contributed by atoms with Crippen LogP contribution in [0, 0.1) is 10.1 Å². The molecular formula is C17H21N5O2. The average molecular weight is 327 g/mol. The first-order valence-electron chi connectivity index (χ1n) is 8.09. The van der Waals surface area contributed by atoms with Crippen molar-refractivity contribution in [3.63, 3.8) is 0 Å². The molecule has 1 aliphatic rings. The van der Waals surface area contributed by atoms with E-state index < -0.39 is 4.92 Å². The van der Waals surface area contributed by atoms with Gasteiger partial charge in [0.1, 0.15) is 12.0 Å². The van der Waals surface area contributed by atoms with Gasteiger partial charge in [-0.2, -0.15) is 0 Å². The van der Waals surface area contributed by atoms with E-state index in [1.807, 2.05) is 6.07 Å². The Kier molecular flexibility index (Phi) is 5.22. The number of hydrogen-bond acceptors (Lipinski definition) is 6. The number of nitrogens with zero attached hydrogens (tertiary/aromatic N) is 4.